The Morgan fingerprint density at radius 3 is 2.88 bits per heavy atom. The molecule has 1 fully saturated rings. The Morgan fingerprint density at radius 2 is 2.16 bits per heavy atom. The number of aromatic nitrogens is 1. The van der Waals surface area contributed by atoms with Gasteiger partial charge in [0.1, 0.15) is 5.01 Å². The summed E-state index contributed by atoms with van der Waals surface area (Å²) >= 11 is 3.77. The number of halogens is 1. The van der Waals surface area contributed by atoms with Crippen molar-refractivity contribution in [3.05, 3.63) is 41.4 Å². The number of nitrogens with zero attached hydrogens (tertiary/aromatic N) is 3. The maximum absolute atomic E-state index is 4.74. The van der Waals surface area contributed by atoms with Crippen molar-refractivity contribution in [2.75, 3.05) is 25.9 Å². The van der Waals surface area contributed by atoms with Crippen molar-refractivity contribution in [3.8, 4) is 10.6 Å². The van der Waals surface area contributed by atoms with Gasteiger partial charge in [-0.2, -0.15) is 11.8 Å². The van der Waals surface area contributed by atoms with Crippen LogP contribution in [0.3, 0.4) is 0 Å². The number of thiazole rings is 1. The van der Waals surface area contributed by atoms with E-state index in [4.69, 9.17) is 4.98 Å². The second kappa shape index (κ2) is 10.4. The van der Waals surface area contributed by atoms with E-state index in [0.717, 1.165) is 36.3 Å². The van der Waals surface area contributed by atoms with Crippen LogP contribution in [0.4, 0.5) is 0 Å². The molecule has 1 aliphatic heterocycles. The Labute approximate surface area is 175 Å². The van der Waals surface area contributed by atoms with E-state index >= 15 is 0 Å². The number of aliphatic imine (C=N–C) groups is 1. The van der Waals surface area contributed by atoms with Crippen LogP contribution in [0.5, 0.6) is 0 Å². The van der Waals surface area contributed by atoms with Crippen LogP contribution < -0.4 is 5.32 Å². The molecule has 0 aliphatic carbocycles. The van der Waals surface area contributed by atoms with Gasteiger partial charge in [-0.3, -0.25) is 4.99 Å². The molecule has 1 atom stereocenters. The fourth-order valence-corrected chi connectivity index (χ4v) is 4.77. The molecule has 0 spiro atoms. The zero-order valence-electron chi connectivity index (χ0n) is 14.6. The summed E-state index contributed by atoms with van der Waals surface area (Å²) in [7, 11) is 1.86. The van der Waals surface area contributed by atoms with Crippen molar-refractivity contribution in [2.45, 2.75) is 25.1 Å². The lowest BCUT2D eigenvalue weighted by atomic mass is 10.2. The van der Waals surface area contributed by atoms with Crippen molar-refractivity contribution in [1.82, 2.24) is 15.2 Å². The van der Waals surface area contributed by atoms with Crippen LogP contribution in [0.15, 0.2) is 40.7 Å². The molecule has 4 nitrogen and oxygen atoms in total. The first-order valence-corrected chi connectivity index (χ1v) is 10.3. The van der Waals surface area contributed by atoms with E-state index in [1.54, 1.807) is 11.3 Å². The first kappa shape index (κ1) is 20.5. The maximum atomic E-state index is 4.74. The molecule has 0 amide bonds. The summed E-state index contributed by atoms with van der Waals surface area (Å²) in [5.41, 5.74) is 2.25. The van der Waals surface area contributed by atoms with Crippen LogP contribution in [0, 0.1) is 0 Å². The second-order valence-electron chi connectivity index (χ2n) is 5.76. The third-order valence-electron chi connectivity index (χ3n) is 4.11. The fourth-order valence-electron chi connectivity index (χ4n) is 2.76. The summed E-state index contributed by atoms with van der Waals surface area (Å²) in [5, 5.41) is 7.39. The van der Waals surface area contributed by atoms with Gasteiger partial charge in [0.25, 0.3) is 0 Å². The van der Waals surface area contributed by atoms with Crippen molar-refractivity contribution in [3.63, 3.8) is 0 Å². The third kappa shape index (κ3) is 5.59. The quantitative estimate of drug-likeness (QED) is 0.395. The molecule has 2 heterocycles. The molecule has 0 bridgehead atoms. The Bertz CT molecular complexity index is 675. The van der Waals surface area contributed by atoms with E-state index in [2.05, 4.69) is 63.5 Å². The highest BCUT2D eigenvalue weighted by atomic mass is 127. The molecular weight excluding hydrogens is 463 g/mol. The monoisotopic (exact) mass is 488 g/mol. The average Bonchev–Trinajstić information content (AvgIpc) is 3.12. The SMILES string of the molecule is CCC1CN(C(=NC)NCc2csc(-c3ccccc3)n2)CCS1.I. The highest BCUT2D eigenvalue weighted by Gasteiger charge is 2.21. The Morgan fingerprint density at radius 1 is 1.36 bits per heavy atom. The van der Waals surface area contributed by atoms with Crippen LogP contribution in [0.1, 0.15) is 19.0 Å². The normalized spacial score (nSPS) is 17.9. The lowest BCUT2D eigenvalue weighted by Gasteiger charge is -2.34. The number of hydrogen-bond donors (Lipinski definition) is 1. The minimum absolute atomic E-state index is 0. The molecule has 1 saturated heterocycles. The van der Waals surface area contributed by atoms with E-state index in [0.29, 0.717) is 5.25 Å². The fraction of sp³-hybridized carbons (Fsp3) is 0.444. The molecule has 25 heavy (non-hydrogen) atoms. The van der Waals surface area contributed by atoms with Gasteiger partial charge in [0.2, 0.25) is 0 Å². The maximum Gasteiger partial charge on any atom is 0.194 e. The molecule has 1 aliphatic rings. The van der Waals surface area contributed by atoms with Gasteiger partial charge in [-0.25, -0.2) is 4.98 Å². The van der Waals surface area contributed by atoms with Crippen molar-refractivity contribution < 1.29 is 0 Å². The molecule has 3 rings (SSSR count). The molecule has 0 saturated carbocycles. The summed E-state index contributed by atoms with van der Waals surface area (Å²) in [6.45, 7) is 5.12. The van der Waals surface area contributed by atoms with Gasteiger partial charge in [0, 0.05) is 42.1 Å². The van der Waals surface area contributed by atoms with E-state index < -0.39 is 0 Å². The minimum atomic E-state index is 0. The summed E-state index contributed by atoms with van der Waals surface area (Å²) in [6, 6.07) is 10.3. The number of hydrogen-bond acceptors (Lipinski definition) is 4. The predicted molar refractivity (Wildman–Crippen MR) is 121 cm³/mol. The van der Waals surface area contributed by atoms with E-state index in [1.165, 1.54) is 17.7 Å². The van der Waals surface area contributed by atoms with E-state index in [9.17, 15) is 0 Å². The zero-order valence-corrected chi connectivity index (χ0v) is 18.6. The lowest BCUT2D eigenvalue weighted by molar-refractivity contribution is 0.408. The van der Waals surface area contributed by atoms with Gasteiger partial charge in [0.15, 0.2) is 5.96 Å². The Kier molecular flexibility index (Phi) is 8.51. The number of benzene rings is 1. The molecule has 7 heteroatoms. The molecule has 1 aromatic carbocycles. The molecule has 1 aromatic heterocycles. The summed E-state index contributed by atoms with van der Waals surface area (Å²) in [5.74, 6) is 2.16. The second-order valence-corrected chi connectivity index (χ2v) is 8.02. The summed E-state index contributed by atoms with van der Waals surface area (Å²) in [6.07, 6.45) is 1.21. The molecule has 136 valence electrons. The number of rotatable bonds is 4. The molecule has 1 unspecified atom stereocenters. The molecule has 0 radical (unpaired) electrons. The van der Waals surface area contributed by atoms with Crippen LogP contribution in [0.2, 0.25) is 0 Å². The van der Waals surface area contributed by atoms with Gasteiger partial charge < -0.3 is 10.2 Å². The molecular formula is C18H25IN4S2. The van der Waals surface area contributed by atoms with E-state index in [1.807, 2.05) is 13.1 Å². The first-order chi connectivity index (χ1) is 11.8. The van der Waals surface area contributed by atoms with Crippen molar-refractivity contribution in [1.29, 1.82) is 0 Å². The smallest absolute Gasteiger partial charge is 0.194 e. The van der Waals surface area contributed by atoms with Crippen molar-refractivity contribution >= 4 is 53.0 Å². The summed E-state index contributed by atoms with van der Waals surface area (Å²) < 4.78 is 0. The van der Waals surface area contributed by atoms with Crippen LogP contribution in [0.25, 0.3) is 10.6 Å². The van der Waals surface area contributed by atoms with Gasteiger partial charge in [-0.05, 0) is 6.42 Å². The van der Waals surface area contributed by atoms with Gasteiger partial charge in [0.05, 0.1) is 12.2 Å². The van der Waals surface area contributed by atoms with Crippen LogP contribution in [-0.2, 0) is 6.54 Å². The number of nitrogens with one attached hydrogen (secondary N) is 1. The minimum Gasteiger partial charge on any atom is -0.351 e. The standard InChI is InChI=1S/C18H24N4S2.HI/c1-3-16-12-22(9-10-23-16)18(19-2)20-11-15-13-24-17(21-15)14-7-5-4-6-8-14;/h4-8,13,16H,3,9-12H2,1-2H3,(H,19,20);1H. The molecule has 1 N–H and O–H groups in total. The lowest BCUT2D eigenvalue weighted by Crippen LogP contribution is -2.47. The number of guanidine groups is 1. The highest BCUT2D eigenvalue weighted by molar-refractivity contribution is 14.0. The Balaban J connectivity index is 0.00000225. The highest BCUT2D eigenvalue weighted by Crippen LogP contribution is 2.23. The van der Waals surface area contributed by atoms with Crippen LogP contribution in [-0.4, -0.2) is 47.0 Å². The summed E-state index contributed by atoms with van der Waals surface area (Å²) in [4.78, 5) is 11.6. The number of thioether (sulfide) groups is 1. The Hall–Kier alpha value is -0.800. The van der Waals surface area contributed by atoms with Gasteiger partial charge in [-0.1, -0.05) is 37.3 Å². The van der Waals surface area contributed by atoms with Gasteiger partial charge in [-0.15, -0.1) is 35.3 Å². The topological polar surface area (TPSA) is 40.5 Å². The largest absolute Gasteiger partial charge is 0.351 e. The van der Waals surface area contributed by atoms with Crippen LogP contribution >= 0.6 is 47.1 Å². The molecule has 2 aromatic rings. The third-order valence-corrected chi connectivity index (χ3v) is 6.42. The first-order valence-electron chi connectivity index (χ1n) is 8.37. The average molecular weight is 488 g/mol. The van der Waals surface area contributed by atoms with E-state index in [-0.39, 0.29) is 24.0 Å². The van der Waals surface area contributed by atoms with Gasteiger partial charge >= 0.3 is 0 Å². The predicted octanol–water partition coefficient (Wildman–Crippen LogP) is 4.33. The zero-order chi connectivity index (χ0) is 16.8. The van der Waals surface area contributed by atoms with Crippen molar-refractivity contribution in [2.24, 2.45) is 4.99 Å².